The van der Waals surface area contributed by atoms with Crippen LogP contribution in [0.2, 0.25) is 0 Å². The number of nitrogens with one attached hydrogen (secondary N) is 2. The quantitative estimate of drug-likeness (QED) is 0.793. The molecule has 1 aliphatic rings. The first-order valence-corrected chi connectivity index (χ1v) is 8.14. The standard InChI is InChI=1S/C19H20N2O4/c1-12(2)24-16-6-4-3-5-15(16)19(23)20-13-7-9-14(10-8-13)25-18-11-17(22)21-18/h3-10,12,18H,11H2,1-2H3,(H,20,23)(H,21,22)/t18-/m0/s1. The molecule has 3 rings (SSSR count). The summed E-state index contributed by atoms with van der Waals surface area (Å²) < 4.78 is 11.2. The zero-order chi connectivity index (χ0) is 17.8. The Hall–Kier alpha value is -3.02. The number of para-hydroxylation sites is 1. The molecule has 25 heavy (non-hydrogen) atoms. The van der Waals surface area contributed by atoms with Gasteiger partial charge in [0.15, 0.2) is 6.23 Å². The molecule has 0 aliphatic carbocycles. The Morgan fingerprint density at radius 3 is 2.48 bits per heavy atom. The van der Waals surface area contributed by atoms with Gasteiger partial charge in [0.1, 0.15) is 11.5 Å². The predicted molar refractivity (Wildman–Crippen MR) is 93.8 cm³/mol. The van der Waals surface area contributed by atoms with Crippen molar-refractivity contribution in [3.05, 3.63) is 54.1 Å². The minimum atomic E-state index is -0.270. The number of ether oxygens (including phenoxy) is 2. The van der Waals surface area contributed by atoms with Gasteiger partial charge in [-0.1, -0.05) is 12.1 Å². The second kappa shape index (κ2) is 7.25. The van der Waals surface area contributed by atoms with Crippen molar-refractivity contribution in [3.63, 3.8) is 0 Å². The van der Waals surface area contributed by atoms with E-state index in [9.17, 15) is 9.59 Å². The largest absolute Gasteiger partial charge is 0.490 e. The van der Waals surface area contributed by atoms with Gasteiger partial charge in [-0.25, -0.2) is 0 Å². The predicted octanol–water partition coefficient (Wildman–Crippen LogP) is 2.95. The van der Waals surface area contributed by atoms with Crippen molar-refractivity contribution < 1.29 is 19.1 Å². The Balaban J connectivity index is 1.64. The van der Waals surface area contributed by atoms with Crippen molar-refractivity contribution in [2.45, 2.75) is 32.6 Å². The molecule has 0 bridgehead atoms. The third-order valence-electron chi connectivity index (χ3n) is 3.58. The lowest BCUT2D eigenvalue weighted by atomic mass is 10.1. The van der Waals surface area contributed by atoms with Gasteiger partial charge in [0.05, 0.1) is 18.1 Å². The number of hydrogen-bond acceptors (Lipinski definition) is 4. The van der Waals surface area contributed by atoms with Crippen molar-refractivity contribution in [1.82, 2.24) is 5.32 Å². The maximum atomic E-state index is 12.5. The van der Waals surface area contributed by atoms with Crippen LogP contribution in [-0.4, -0.2) is 24.1 Å². The molecule has 1 fully saturated rings. The van der Waals surface area contributed by atoms with Crippen LogP contribution in [0.25, 0.3) is 0 Å². The van der Waals surface area contributed by atoms with E-state index in [1.165, 1.54) is 0 Å². The van der Waals surface area contributed by atoms with Gasteiger partial charge >= 0.3 is 0 Å². The molecule has 0 saturated carbocycles. The zero-order valence-electron chi connectivity index (χ0n) is 14.1. The second-order valence-electron chi connectivity index (χ2n) is 6.02. The van der Waals surface area contributed by atoms with Crippen LogP contribution in [-0.2, 0) is 4.79 Å². The molecule has 0 aromatic heterocycles. The molecule has 6 heteroatoms. The fraction of sp³-hybridized carbons (Fsp3) is 0.263. The van der Waals surface area contributed by atoms with Crippen LogP contribution in [0, 0.1) is 0 Å². The molecule has 0 radical (unpaired) electrons. The van der Waals surface area contributed by atoms with E-state index < -0.39 is 0 Å². The summed E-state index contributed by atoms with van der Waals surface area (Å²) in [4.78, 5) is 23.4. The Morgan fingerprint density at radius 1 is 1.16 bits per heavy atom. The van der Waals surface area contributed by atoms with Gasteiger partial charge in [0.2, 0.25) is 5.91 Å². The number of anilines is 1. The fourth-order valence-corrected chi connectivity index (χ4v) is 2.39. The van der Waals surface area contributed by atoms with Gasteiger partial charge in [-0.3, -0.25) is 9.59 Å². The number of β-lactam (4-membered cyclic amide) rings is 1. The van der Waals surface area contributed by atoms with Gasteiger partial charge in [-0.15, -0.1) is 0 Å². The lowest BCUT2D eigenvalue weighted by molar-refractivity contribution is -0.134. The molecular formula is C19H20N2O4. The molecule has 2 aromatic carbocycles. The van der Waals surface area contributed by atoms with Crippen molar-refractivity contribution >= 4 is 17.5 Å². The van der Waals surface area contributed by atoms with E-state index in [1.807, 2.05) is 19.9 Å². The van der Waals surface area contributed by atoms with Gasteiger partial charge < -0.3 is 20.1 Å². The SMILES string of the molecule is CC(C)Oc1ccccc1C(=O)Nc1ccc(O[C@H]2CC(=O)N2)cc1. The molecule has 0 spiro atoms. The second-order valence-corrected chi connectivity index (χ2v) is 6.02. The maximum absolute atomic E-state index is 12.5. The average molecular weight is 340 g/mol. The number of carbonyl (C=O) groups excluding carboxylic acids is 2. The van der Waals surface area contributed by atoms with E-state index in [1.54, 1.807) is 42.5 Å². The molecule has 1 aliphatic heterocycles. The third kappa shape index (κ3) is 4.29. The molecule has 2 aromatic rings. The first kappa shape index (κ1) is 16.8. The lowest BCUT2D eigenvalue weighted by Gasteiger charge is -2.27. The van der Waals surface area contributed by atoms with Gasteiger partial charge in [-0.05, 0) is 50.2 Å². The Morgan fingerprint density at radius 2 is 1.84 bits per heavy atom. The zero-order valence-corrected chi connectivity index (χ0v) is 14.1. The highest BCUT2D eigenvalue weighted by atomic mass is 16.5. The third-order valence-corrected chi connectivity index (χ3v) is 3.58. The number of amides is 2. The van der Waals surface area contributed by atoms with E-state index in [-0.39, 0.29) is 24.1 Å². The molecule has 2 amide bonds. The van der Waals surface area contributed by atoms with Crippen LogP contribution in [0.5, 0.6) is 11.5 Å². The summed E-state index contributed by atoms with van der Waals surface area (Å²) in [6.45, 7) is 3.83. The van der Waals surface area contributed by atoms with E-state index in [4.69, 9.17) is 9.47 Å². The summed E-state index contributed by atoms with van der Waals surface area (Å²) in [5, 5.41) is 5.48. The summed E-state index contributed by atoms with van der Waals surface area (Å²) in [7, 11) is 0. The highest BCUT2D eigenvalue weighted by Gasteiger charge is 2.26. The smallest absolute Gasteiger partial charge is 0.259 e. The lowest BCUT2D eigenvalue weighted by Crippen LogP contribution is -2.51. The monoisotopic (exact) mass is 340 g/mol. The number of benzene rings is 2. The highest BCUT2D eigenvalue weighted by molar-refractivity contribution is 6.06. The van der Waals surface area contributed by atoms with Crippen LogP contribution in [0.15, 0.2) is 48.5 Å². The first-order valence-electron chi connectivity index (χ1n) is 8.14. The molecular weight excluding hydrogens is 320 g/mol. The van der Waals surface area contributed by atoms with Crippen LogP contribution in [0.1, 0.15) is 30.6 Å². The van der Waals surface area contributed by atoms with E-state index in [0.29, 0.717) is 29.2 Å². The molecule has 1 atom stereocenters. The maximum Gasteiger partial charge on any atom is 0.259 e. The van der Waals surface area contributed by atoms with Crippen molar-refractivity contribution in [1.29, 1.82) is 0 Å². The normalized spacial score (nSPS) is 16.0. The van der Waals surface area contributed by atoms with Crippen molar-refractivity contribution in [3.8, 4) is 11.5 Å². The molecule has 1 heterocycles. The average Bonchev–Trinajstić information content (AvgIpc) is 2.55. The number of hydrogen-bond donors (Lipinski definition) is 2. The number of carbonyl (C=O) groups is 2. The summed E-state index contributed by atoms with van der Waals surface area (Å²) in [5.74, 6) is 0.926. The van der Waals surface area contributed by atoms with Gasteiger partial charge in [0.25, 0.3) is 5.91 Å². The first-order chi connectivity index (χ1) is 12.0. The fourth-order valence-electron chi connectivity index (χ4n) is 2.39. The van der Waals surface area contributed by atoms with E-state index in [0.717, 1.165) is 0 Å². The molecule has 2 N–H and O–H groups in total. The Labute approximate surface area is 146 Å². The molecule has 6 nitrogen and oxygen atoms in total. The van der Waals surface area contributed by atoms with Crippen molar-refractivity contribution in [2.75, 3.05) is 5.32 Å². The molecule has 1 saturated heterocycles. The summed E-state index contributed by atoms with van der Waals surface area (Å²) in [6, 6.07) is 14.1. The van der Waals surface area contributed by atoms with Crippen LogP contribution >= 0.6 is 0 Å². The van der Waals surface area contributed by atoms with Crippen molar-refractivity contribution in [2.24, 2.45) is 0 Å². The summed E-state index contributed by atoms with van der Waals surface area (Å²) >= 11 is 0. The number of rotatable bonds is 6. The van der Waals surface area contributed by atoms with Crippen LogP contribution < -0.4 is 20.1 Å². The van der Waals surface area contributed by atoms with E-state index >= 15 is 0 Å². The highest BCUT2D eigenvalue weighted by Crippen LogP contribution is 2.23. The minimum absolute atomic E-state index is 0.0163. The molecule has 0 unspecified atom stereocenters. The minimum Gasteiger partial charge on any atom is -0.490 e. The summed E-state index contributed by atoms with van der Waals surface area (Å²) in [6.07, 6.45) is 0.0795. The summed E-state index contributed by atoms with van der Waals surface area (Å²) in [5.41, 5.74) is 1.13. The Bertz CT molecular complexity index is 763. The van der Waals surface area contributed by atoms with Gasteiger partial charge in [-0.2, -0.15) is 0 Å². The Kier molecular flexibility index (Phi) is 4.88. The van der Waals surface area contributed by atoms with Crippen LogP contribution in [0.3, 0.4) is 0 Å². The van der Waals surface area contributed by atoms with Gasteiger partial charge in [0, 0.05) is 5.69 Å². The topological polar surface area (TPSA) is 76.7 Å². The molecule has 130 valence electrons. The van der Waals surface area contributed by atoms with Crippen LogP contribution in [0.4, 0.5) is 5.69 Å². The van der Waals surface area contributed by atoms with E-state index in [2.05, 4.69) is 10.6 Å².